The Bertz CT molecular complexity index is 1140. The molecule has 1 aliphatic heterocycles. The highest BCUT2D eigenvalue weighted by atomic mass is 35.5. The lowest BCUT2D eigenvalue weighted by Crippen LogP contribution is -2.37. The maximum absolute atomic E-state index is 13.4. The molecule has 166 valence electrons. The van der Waals surface area contributed by atoms with Gasteiger partial charge in [0.2, 0.25) is 23.2 Å². The molecule has 32 heavy (non-hydrogen) atoms. The molecular weight excluding hydrogens is 446 g/mol. The number of carbonyl (C=O) groups is 1. The van der Waals surface area contributed by atoms with Gasteiger partial charge in [-0.3, -0.25) is 9.69 Å². The molecule has 0 radical (unpaired) electrons. The van der Waals surface area contributed by atoms with Gasteiger partial charge in [0.1, 0.15) is 0 Å². The van der Waals surface area contributed by atoms with Gasteiger partial charge in [0.25, 0.3) is 0 Å². The Morgan fingerprint density at radius 3 is 2.59 bits per heavy atom. The van der Waals surface area contributed by atoms with Gasteiger partial charge in [-0.1, -0.05) is 42.4 Å². The van der Waals surface area contributed by atoms with Crippen LogP contribution in [0.4, 0.5) is 11.4 Å². The predicted molar refractivity (Wildman–Crippen MR) is 129 cm³/mol. The fraction of sp³-hybridized carbons (Fsp3) is 0.304. The van der Waals surface area contributed by atoms with Gasteiger partial charge in [-0.25, -0.2) is 0 Å². The van der Waals surface area contributed by atoms with Crippen LogP contribution in [0.25, 0.3) is 11.3 Å². The van der Waals surface area contributed by atoms with E-state index >= 15 is 0 Å². The van der Waals surface area contributed by atoms with Crippen molar-refractivity contribution in [2.24, 2.45) is 0 Å². The summed E-state index contributed by atoms with van der Waals surface area (Å²) >= 11 is 7.70. The summed E-state index contributed by atoms with van der Waals surface area (Å²) in [7, 11) is 3.97. The van der Waals surface area contributed by atoms with Crippen LogP contribution in [0.2, 0.25) is 5.02 Å². The van der Waals surface area contributed by atoms with E-state index in [0.29, 0.717) is 45.8 Å². The van der Waals surface area contributed by atoms with Gasteiger partial charge in [0, 0.05) is 42.4 Å². The van der Waals surface area contributed by atoms with E-state index in [2.05, 4.69) is 15.2 Å². The number of rotatable bonds is 5. The van der Waals surface area contributed by atoms with E-state index in [4.69, 9.17) is 16.3 Å². The van der Waals surface area contributed by atoms with Crippen LogP contribution in [0.15, 0.2) is 47.6 Å². The zero-order valence-electron chi connectivity index (χ0n) is 18.4. The van der Waals surface area contributed by atoms with Crippen molar-refractivity contribution in [3.05, 3.63) is 53.1 Å². The first-order chi connectivity index (χ1) is 15.4. The van der Waals surface area contributed by atoms with Crippen LogP contribution >= 0.6 is 23.4 Å². The third-order valence-corrected chi connectivity index (χ3v) is 5.95. The molecule has 0 N–H and O–H groups in total. The number of nitrogens with zero attached hydrogens (tertiary/aromatic N) is 5. The van der Waals surface area contributed by atoms with E-state index in [1.54, 1.807) is 17.0 Å². The van der Waals surface area contributed by atoms with Crippen molar-refractivity contribution in [2.75, 3.05) is 30.2 Å². The van der Waals surface area contributed by atoms with E-state index in [1.165, 1.54) is 11.8 Å². The van der Waals surface area contributed by atoms with Crippen molar-refractivity contribution in [2.45, 2.75) is 31.1 Å². The van der Waals surface area contributed by atoms with Crippen molar-refractivity contribution in [1.29, 1.82) is 0 Å². The lowest BCUT2D eigenvalue weighted by atomic mass is 10.1. The standard InChI is InChI=1S/C23H24ClN5O2S/c1-5-6-19(30)29-18-12-9-15(24)13-17(18)20-21(25-23(32-4)27-26-20)31-22(29)14-7-10-16(11-8-14)28(2)3/h7-13,22H,5-6H2,1-4H3/t22-/m1/s1. The summed E-state index contributed by atoms with van der Waals surface area (Å²) in [5.41, 5.74) is 3.67. The molecule has 4 rings (SSSR count). The van der Waals surface area contributed by atoms with Crippen molar-refractivity contribution in [3.63, 3.8) is 0 Å². The molecule has 3 aromatic rings. The van der Waals surface area contributed by atoms with Crippen molar-refractivity contribution in [1.82, 2.24) is 15.2 Å². The molecule has 0 saturated heterocycles. The van der Waals surface area contributed by atoms with Gasteiger partial charge in [0.15, 0.2) is 5.69 Å². The van der Waals surface area contributed by atoms with Crippen LogP contribution in [-0.2, 0) is 4.79 Å². The summed E-state index contributed by atoms with van der Waals surface area (Å²) in [5.74, 6) is 0.268. The van der Waals surface area contributed by atoms with Crippen LogP contribution in [0.3, 0.4) is 0 Å². The first-order valence-electron chi connectivity index (χ1n) is 10.3. The quantitative estimate of drug-likeness (QED) is 0.475. The molecule has 7 nitrogen and oxygen atoms in total. The van der Waals surface area contributed by atoms with Crippen LogP contribution < -0.4 is 14.5 Å². The Kier molecular flexibility index (Phi) is 6.53. The Morgan fingerprint density at radius 1 is 1.19 bits per heavy atom. The minimum absolute atomic E-state index is 0.0522. The van der Waals surface area contributed by atoms with Gasteiger partial charge in [0.05, 0.1) is 5.69 Å². The molecule has 0 bridgehead atoms. The second kappa shape index (κ2) is 9.34. The number of benzene rings is 2. The van der Waals surface area contributed by atoms with Gasteiger partial charge >= 0.3 is 0 Å². The average molecular weight is 470 g/mol. The van der Waals surface area contributed by atoms with E-state index in [1.807, 2.05) is 62.5 Å². The lowest BCUT2D eigenvalue weighted by molar-refractivity contribution is -0.120. The number of ether oxygens (including phenoxy) is 1. The van der Waals surface area contributed by atoms with Crippen LogP contribution in [0, 0.1) is 0 Å². The number of thioether (sulfide) groups is 1. The van der Waals surface area contributed by atoms with Crippen LogP contribution in [-0.4, -0.2) is 41.4 Å². The third-order valence-electron chi connectivity index (χ3n) is 5.18. The summed E-state index contributed by atoms with van der Waals surface area (Å²) in [6.45, 7) is 1.98. The molecular formula is C23H24ClN5O2S. The molecule has 2 aromatic carbocycles. The number of aromatic nitrogens is 3. The van der Waals surface area contributed by atoms with Gasteiger partial charge in [-0.2, -0.15) is 4.98 Å². The number of fused-ring (bicyclic) bond motifs is 3. The molecule has 0 fully saturated rings. The molecule has 0 unspecified atom stereocenters. The van der Waals surface area contributed by atoms with Gasteiger partial charge in [-0.15, -0.1) is 10.2 Å². The molecule has 1 aliphatic rings. The summed E-state index contributed by atoms with van der Waals surface area (Å²) in [5, 5.41) is 9.58. The number of hydrogen-bond acceptors (Lipinski definition) is 7. The highest BCUT2D eigenvalue weighted by molar-refractivity contribution is 7.98. The molecule has 0 spiro atoms. The number of carbonyl (C=O) groups excluding carboxylic acids is 1. The van der Waals surface area contributed by atoms with Crippen LogP contribution in [0.1, 0.15) is 31.6 Å². The second-order valence-electron chi connectivity index (χ2n) is 7.58. The fourth-order valence-corrected chi connectivity index (χ4v) is 4.05. The maximum Gasteiger partial charge on any atom is 0.247 e. The molecule has 1 atom stereocenters. The molecule has 0 saturated carbocycles. The smallest absolute Gasteiger partial charge is 0.247 e. The molecule has 9 heteroatoms. The number of amides is 1. The topological polar surface area (TPSA) is 71.5 Å². The van der Waals surface area contributed by atoms with Gasteiger partial charge < -0.3 is 9.64 Å². The SMILES string of the molecule is CCCC(=O)N1c2ccc(Cl)cc2-c2nnc(SC)nc2O[C@@H]1c1ccc(N(C)C)cc1. The third kappa shape index (κ3) is 4.25. The first-order valence-corrected chi connectivity index (χ1v) is 11.9. The number of anilines is 2. The van der Waals surface area contributed by atoms with Crippen molar-refractivity contribution >= 4 is 40.6 Å². The summed E-state index contributed by atoms with van der Waals surface area (Å²) in [6, 6.07) is 13.3. The monoisotopic (exact) mass is 469 g/mol. The fourth-order valence-electron chi connectivity index (χ4n) is 3.58. The molecule has 1 amide bonds. The van der Waals surface area contributed by atoms with Crippen molar-refractivity contribution < 1.29 is 9.53 Å². The Balaban J connectivity index is 1.94. The van der Waals surface area contributed by atoms with Crippen LogP contribution in [0.5, 0.6) is 5.88 Å². The molecule has 1 aromatic heterocycles. The number of halogens is 1. The zero-order chi connectivity index (χ0) is 22.8. The maximum atomic E-state index is 13.4. The summed E-state index contributed by atoms with van der Waals surface area (Å²) in [4.78, 5) is 21.6. The minimum atomic E-state index is -0.710. The predicted octanol–water partition coefficient (Wildman–Crippen LogP) is 5.20. The zero-order valence-corrected chi connectivity index (χ0v) is 19.9. The molecule has 0 aliphatic carbocycles. The lowest BCUT2D eigenvalue weighted by Gasteiger charge is -2.31. The minimum Gasteiger partial charge on any atom is -0.447 e. The van der Waals surface area contributed by atoms with E-state index in [0.717, 1.165) is 11.3 Å². The van der Waals surface area contributed by atoms with E-state index in [9.17, 15) is 4.79 Å². The number of hydrogen-bond donors (Lipinski definition) is 0. The second-order valence-corrected chi connectivity index (χ2v) is 8.79. The first kappa shape index (κ1) is 22.4. The Morgan fingerprint density at radius 2 is 1.94 bits per heavy atom. The molecule has 2 heterocycles. The average Bonchev–Trinajstić information content (AvgIpc) is 2.93. The Hall–Kier alpha value is -2.84. The van der Waals surface area contributed by atoms with Crippen molar-refractivity contribution in [3.8, 4) is 17.1 Å². The highest BCUT2D eigenvalue weighted by Crippen LogP contribution is 2.44. The Labute approximate surface area is 196 Å². The summed E-state index contributed by atoms with van der Waals surface area (Å²) < 4.78 is 6.41. The largest absolute Gasteiger partial charge is 0.447 e. The van der Waals surface area contributed by atoms with E-state index in [-0.39, 0.29) is 5.91 Å². The normalized spacial score (nSPS) is 14.8. The summed E-state index contributed by atoms with van der Waals surface area (Å²) in [6.07, 6.45) is 2.26. The highest BCUT2D eigenvalue weighted by Gasteiger charge is 2.35. The van der Waals surface area contributed by atoms with E-state index < -0.39 is 6.23 Å². The van der Waals surface area contributed by atoms with Gasteiger partial charge in [-0.05, 0) is 43.0 Å².